The molecule has 0 unspecified atom stereocenters. The fourth-order valence-corrected chi connectivity index (χ4v) is 4.13. The van der Waals surface area contributed by atoms with E-state index in [-0.39, 0.29) is 12.0 Å². The van der Waals surface area contributed by atoms with E-state index in [0.717, 1.165) is 47.0 Å². The molecule has 28 heavy (non-hydrogen) atoms. The van der Waals surface area contributed by atoms with Gasteiger partial charge in [0, 0.05) is 43.0 Å². The number of aromatic nitrogens is 2. The van der Waals surface area contributed by atoms with Crippen LogP contribution in [0.4, 0.5) is 0 Å². The second kappa shape index (κ2) is 7.76. The van der Waals surface area contributed by atoms with Crippen LogP contribution < -0.4 is 0 Å². The summed E-state index contributed by atoms with van der Waals surface area (Å²) in [4.78, 5) is 23.0. The van der Waals surface area contributed by atoms with Crippen molar-refractivity contribution < 1.29 is 9.53 Å². The average molecular weight is 377 g/mol. The number of amides is 1. The van der Waals surface area contributed by atoms with Crippen LogP contribution in [-0.2, 0) is 11.3 Å². The van der Waals surface area contributed by atoms with Crippen LogP contribution in [0.3, 0.4) is 0 Å². The van der Waals surface area contributed by atoms with Crippen molar-refractivity contribution in [2.75, 3.05) is 13.2 Å². The Labute approximate surface area is 165 Å². The fraction of sp³-hybridized carbons (Fsp3) is 0.391. The molecule has 0 saturated carbocycles. The third-order valence-electron chi connectivity index (χ3n) is 5.69. The Bertz CT molecular complexity index is 988. The Morgan fingerprint density at radius 1 is 1.18 bits per heavy atom. The summed E-state index contributed by atoms with van der Waals surface area (Å²) in [5, 5.41) is 1.16. The van der Waals surface area contributed by atoms with Crippen LogP contribution in [0.1, 0.15) is 45.6 Å². The van der Waals surface area contributed by atoms with Gasteiger partial charge in [-0.15, -0.1) is 0 Å². The van der Waals surface area contributed by atoms with Crippen molar-refractivity contribution in [3.8, 4) is 0 Å². The molecule has 0 spiro atoms. The number of aromatic amines is 1. The van der Waals surface area contributed by atoms with Gasteiger partial charge in [0.05, 0.1) is 6.10 Å². The lowest BCUT2D eigenvalue weighted by Gasteiger charge is -2.25. The maximum absolute atomic E-state index is 13.6. The van der Waals surface area contributed by atoms with Gasteiger partial charge in [-0.1, -0.05) is 12.1 Å². The van der Waals surface area contributed by atoms with E-state index in [1.54, 1.807) is 12.4 Å². The number of ether oxygens (including phenoxy) is 1. The normalized spacial score (nSPS) is 16.6. The minimum atomic E-state index is 0.0276. The highest BCUT2D eigenvalue weighted by Crippen LogP contribution is 2.29. The molecule has 1 aliphatic heterocycles. The monoisotopic (exact) mass is 377 g/mol. The van der Waals surface area contributed by atoms with Crippen LogP contribution in [-0.4, -0.2) is 40.0 Å². The molecule has 0 bridgehead atoms. The van der Waals surface area contributed by atoms with Crippen LogP contribution in [0.2, 0.25) is 0 Å². The van der Waals surface area contributed by atoms with Gasteiger partial charge >= 0.3 is 0 Å². The Kier molecular flexibility index (Phi) is 5.18. The number of aryl methyl sites for hydroxylation is 3. The van der Waals surface area contributed by atoms with Gasteiger partial charge in [0.1, 0.15) is 5.69 Å². The molecule has 3 heterocycles. The summed E-state index contributed by atoms with van der Waals surface area (Å²) < 4.78 is 5.82. The molecular weight excluding hydrogens is 350 g/mol. The first-order chi connectivity index (χ1) is 13.5. The van der Waals surface area contributed by atoms with Gasteiger partial charge in [-0.3, -0.25) is 9.78 Å². The molecule has 5 nitrogen and oxygen atoms in total. The van der Waals surface area contributed by atoms with Gasteiger partial charge in [0.25, 0.3) is 5.91 Å². The summed E-state index contributed by atoms with van der Waals surface area (Å²) in [6.07, 6.45) is 5.71. The second-order valence-electron chi connectivity index (χ2n) is 7.75. The van der Waals surface area contributed by atoms with E-state index >= 15 is 0 Å². The van der Waals surface area contributed by atoms with Gasteiger partial charge in [0.2, 0.25) is 0 Å². The smallest absolute Gasteiger partial charge is 0.270 e. The molecular formula is C23H27N3O2. The van der Waals surface area contributed by atoms with E-state index < -0.39 is 0 Å². The van der Waals surface area contributed by atoms with Crippen LogP contribution in [0, 0.1) is 20.8 Å². The molecule has 1 N–H and O–H groups in total. The third-order valence-corrected chi connectivity index (χ3v) is 5.69. The number of carbonyl (C=O) groups is 1. The number of hydrogen-bond donors (Lipinski definition) is 1. The maximum atomic E-state index is 13.6. The first-order valence-corrected chi connectivity index (χ1v) is 9.93. The van der Waals surface area contributed by atoms with E-state index in [1.807, 2.05) is 24.0 Å². The summed E-state index contributed by atoms with van der Waals surface area (Å²) in [6.45, 7) is 8.15. The minimum absolute atomic E-state index is 0.0276. The van der Waals surface area contributed by atoms with Crippen LogP contribution in [0.15, 0.2) is 36.7 Å². The molecule has 3 aromatic rings. The molecule has 1 saturated heterocycles. The number of hydrogen-bond acceptors (Lipinski definition) is 3. The van der Waals surface area contributed by atoms with Crippen LogP contribution in [0.5, 0.6) is 0 Å². The van der Waals surface area contributed by atoms with Gasteiger partial charge in [-0.2, -0.15) is 0 Å². The lowest BCUT2D eigenvalue weighted by Crippen LogP contribution is -2.37. The Morgan fingerprint density at radius 3 is 2.61 bits per heavy atom. The summed E-state index contributed by atoms with van der Waals surface area (Å²) in [7, 11) is 0. The van der Waals surface area contributed by atoms with Gasteiger partial charge in [-0.05, 0) is 68.0 Å². The zero-order chi connectivity index (χ0) is 19.7. The molecule has 1 amide bonds. The number of rotatable bonds is 5. The van der Waals surface area contributed by atoms with Crippen molar-refractivity contribution in [3.63, 3.8) is 0 Å². The number of carbonyl (C=O) groups excluding carboxylic acids is 1. The first-order valence-electron chi connectivity index (χ1n) is 9.93. The van der Waals surface area contributed by atoms with E-state index in [9.17, 15) is 4.79 Å². The molecule has 2 aromatic heterocycles. The number of benzene rings is 1. The van der Waals surface area contributed by atoms with Gasteiger partial charge in [0.15, 0.2) is 0 Å². The molecule has 1 aliphatic rings. The largest absolute Gasteiger partial charge is 0.376 e. The van der Waals surface area contributed by atoms with Gasteiger partial charge < -0.3 is 14.6 Å². The SMILES string of the molecule is Cc1ccc(C)c2c(C)c(C(=O)N(Cc3ccncc3)C[C@@H]3CCCO3)[nH]c12. The number of nitrogens with zero attached hydrogens (tertiary/aromatic N) is 2. The van der Waals surface area contributed by atoms with E-state index in [1.165, 1.54) is 5.56 Å². The second-order valence-corrected chi connectivity index (χ2v) is 7.75. The van der Waals surface area contributed by atoms with Gasteiger partial charge in [-0.25, -0.2) is 0 Å². The lowest BCUT2D eigenvalue weighted by atomic mass is 10.0. The predicted octanol–water partition coefficient (Wildman–Crippen LogP) is 4.31. The summed E-state index contributed by atoms with van der Waals surface area (Å²) >= 11 is 0. The van der Waals surface area contributed by atoms with E-state index in [4.69, 9.17) is 4.74 Å². The Hall–Kier alpha value is -2.66. The van der Waals surface area contributed by atoms with Crippen molar-refractivity contribution in [1.29, 1.82) is 0 Å². The molecule has 1 atom stereocenters. The first kappa shape index (κ1) is 18.7. The lowest BCUT2D eigenvalue weighted by molar-refractivity contribution is 0.0503. The summed E-state index contributed by atoms with van der Waals surface area (Å²) in [5.74, 6) is 0.0276. The highest BCUT2D eigenvalue weighted by molar-refractivity contribution is 6.02. The van der Waals surface area contributed by atoms with Crippen molar-refractivity contribution in [3.05, 3.63) is 64.6 Å². The zero-order valence-electron chi connectivity index (χ0n) is 16.8. The fourth-order valence-electron chi connectivity index (χ4n) is 4.13. The topological polar surface area (TPSA) is 58.2 Å². The van der Waals surface area contributed by atoms with E-state index in [2.05, 4.69) is 35.9 Å². The molecule has 5 heteroatoms. The highest BCUT2D eigenvalue weighted by atomic mass is 16.5. The molecule has 0 radical (unpaired) electrons. The zero-order valence-corrected chi connectivity index (χ0v) is 16.8. The molecule has 1 aromatic carbocycles. The molecule has 146 valence electrons. The number of fused-ring (bicyclic) bond motifs is 1. The maximum Gasteiger partial charge on any atom is 0.270 e. The Balaban J connectivity index is 1.70. The third kappa shape index (κ3) is 3.54. The predicted molar refractivity (Wildman–Crippen MR) is 110 cm³/mol. The standard InChI is InChI=1S/C23H27N3O2/c1-15-6-7-16(2)21-20(15)17(3)22(25-21)23(27)26(14-19-5-4-12-28-19)13-18-8-10-24-11-9-18/h6-11,19,25H,4-5,12-14H2,1-3H3/t19-/m0/s1. The highest BCUT2D eigenvalue weighted by Gasteiger charge is 2.26. The van der Waals surface area contributed by atoms with Crippen molar-refractivity contribution in [2.45, 2.75) is 46.3 Å². The summed E-state index contributed by atoms with van der Waals surface area (Å²) in [6, 6.07) is 8.14. The van der Waals surface area contributed by atoms with E-state index in [0.29, 0.717) is 18.8 Å². The molecule has 1 fully saturated rings. The van der Waals surface area contributed by atoms with Crippen LogP contribution in [0.25, 0.3) is 10.9 Å². The summed E-state index contributed by atoms with van der Waals surface area (Å²) in [5.41, 5.74) is 6.17. The molecule has 0 aliphatic carbocycles. The number of H-pyrrole nitrogens is 1. The van der Waals surface area contributed by atoms with Crippen molar-refractivity contribution in [2.24, 2.45) is 0 Å². The molecule has 4 rings (SSSR count). The van der Waals surface area contributed by atoms with Crippen LogP contribution >= 0.6 is 0 Å². The average Bonchev–Trinajstić information content (AvgIpc) is 3.33. The number of nitrogens with one attached hydrogen (secondary N) is 1. The van der Waals surface area contributed by atoms with Crippen molar-refractivity contribution in [1.82, 2.24) is 14.9 Å². The quantitative estimate of drug-likeness (QED) is 0.721. The van der Waals surface area contributed by atoms with Crippen molar-refractivity contribution >= 4 is 16.8 Å². The number of pyridine rings is 1. The Morgan fingerprint density at radius 2 is 1.93 bits per heavy atom. The minimum Gasteiger partial charge on any atom is -0.376 e.